The van der Waals surface area contributed by atoms with Crippen LogP contribution in [0.15, 0.2) is 0 Å². The van der Waals surface area contributed by atoms with Crippen molar-refractivity contribution in [3.8, 4) is 0 Å². The highest BCUT2D eigenvalue weighted by Gasteiger charge is 2.27. The molecule has 0 saturated carbocycles. The Kier molecular flexibility index (Phi) is 4.60. The van der Waals surface area contributed by atoms with Gasteiger partial charge in [0.05, 0.1) is 6.10 Å². The average Bonchev–Trinajstić information content (AvgIpc) is 2.00. The number of aldehydes is 1. The molecule has 0 heterocycles. The highest BCUT2D eigenvalue weighted by atomic mass is 35.5. The zero-order valence-electron chi connectivity index (χ0n) is 6.01. The summed E-state index contributed by atoms with van der Waals surface area (Å²) in [6.07, 6.45) is -3.61. The molecule has 0 radical (unpaired) electrons. The molecule has 0 unspecified atom stereocenters. The smallest absolute Gasteiger partial charge is 0.140 e. The number of halogens is 1. The summed E-state index contributed by atoms with van der Waals surface area (Å²) in [5, 5.41) is 25.5. The van der Waals surface area contributed by atoms with E-state index in [1.165, 1.54) is 6.92 Å². The number of alkyl halides is 1. The molecule has 0 aromatic heterocycles. The Morgan fingerprint density at radius 1 is 1.27 bits per heavy atom. The quantitative estimate of drug-likeness (QED) is 0.381. The molecular weight excluding hydrogens is 172 g/mol. The molecule has 3 N–H and O–H groups in total. The van der Waals surface area contributed by atoms with E-state index in [-0.39, 0.29) is 0 Å². The van der Waals surface area contributed by atoms with Crippen LogP contribution in [-0.2, 0) is 4.79 Å². The zero-order valence-corrected chi connectivity index (χ0v) is 6.77. The Hall–Kier alpha value is -0.160. The molecule has 5 heteroatoms. The van der Waals surface area contributed by atoms with E-state index in [0.717, 1.165) is 0 Å². The molecule has 0 aromatic carbocycles. The molecular formula is C6H11ClO4. The summed E-state index contributed by atoms with van der Waals surface area (Å²) in [4.78, 5) is 9.99. The molecule has 0 aliphatic heterocycles. The third-order valence-corrected chi connectivity index (χ3v) is 1.66. The summed E-state index contributed by atoms with van der Waals surface area (Å²) in [6, 6.07) is 0. The van der Waals surface area contributed by atoms with E-state index < -0.39 is 23.7 Å². The number of carbonyl (C=O) groups is 1. The van der Waals surface area contributed by atoms with Crippen molar-refractivity contribution in [3.63, 3.8) is 0 Å². The number of hydrogen-bond donors (Lipinski definition) is 3. The van der Waals surface area contributed by atoms with Gasteiger partial charge in [0.1, 0.15) is 23.9 Å². The van der Waals surface area contributed by atoms with Crippen molar-refractivity contribution in [2.45, 2.75) is 30.6 Å². The first kappa shape index (κ1) is 10.8. The van der Waals surface area contributed by atoms with Gasteiger partial charge in [0.2, 0.25) is 0 Å². The first-order valence-electron chi connectivity index (χ1n) is 3.14. The summed E-state index contributed by atoms with van der Waals surface area (Å²) in [5.41, 5.74) is 0. The topological polar surface area (TPSA) is 77.8 Å². The number of aliphatic hydroxyl groups is 3. The summed E-state index contributed by atoms with van der Waals surface area (Å²) in [6.45, 7) is 1.29. The molecule has 66 valence electrons. The number of rotatable bonds is 4. The van der Waals surface area contributed by atoms with E-state index in [2.05, 4.69) is 0 Å². The second-order valence-corrected chi connectivity index (χ2v) is 2.81. The van der Waals surface area contributed by atoms with Gasteiger partial charge < -0.3 is 20.1 Å². The van der Waals surface area contributed by atoms with E-state index in [1.54, 1.807) is 0 Å². The molecule has 0 aliphatic rings. The van der Waals surface area contributed by atoms with Crippen molar-refractivity contribution < 1.29 is 20.1 Å². The van der Waals surface area contributed by atoms with Crippen molar-refractivity contribution in [2.24, 2.45) is 0 Å². The van der Waals surface area contributed by atoms with Crippen LogP contribution in [0.5, 0.6) is 0 Å². The van der Waals surface area contributed by atoms with Crippen molar-refractivity contribution >= 4 is 17.9 Å². The Morgan fingerprint density at radius 2 is 1.73 bits per heavy atom. The molecule has 0 aliphatic carbocycles. The van der Waals surface area contributed by atoms with Crippen LogP contribution < -0.4 is 0 Å². The second kappa shape index (κ2) is 4.66. The number of aliphatic hydroxyl groups excluding tert-OH is 3. The lowest BCUT2D eigenvalue weighted by atomic mass is 10.1. The Morgan fingerprint density at radius 3 is 2.00 bits per heavy atom. The standard InChI is InChI=1S/C6H11ClO4/c1-3(9)5(10)6(11)4(7)2-8/h2-6,9-11H,1H3/t3-,4+,5+,6-/m1/s1. The highest BCUT2D eigenvalue weighted by Crippen LogP contribution is 2.07. The second-order valence-electron chi connectivity index (χ2n) is 2.30. The van der Waals surface area contributed by atoms with E-state index in [0.29, 0.717) is 6.29 Å². The fraction of sp³-hybridized carbons (Fsp3) is 0.833. The fourth-order valence-corrected chi connectivity index (χ4v) is 0.703. The molecule has 0 spiro atoms. The molecule has 0 fully saturated rings. The van der Waals surface area contributed by atoms with Crippen molar-refractivity contribution in [1.29, 1.82) is 0 Å². The minimum atomic E-state index is -1.42. The lowest BCUT2D eigenvalue weighted by Gasteiger charge is -2.20. The summed E-state index contributed by atoms with van der Waals surface area (Å²) < 4.78 is 0. The monoisotopic (exact) mass is 182 g/mol. The van der Waals surface area contributed by atoms with Crippen LogP contribution in [0.4, 0.5) is 0 Å². The van der Waals surface area contributed by atoms with E-state index >= 15 is 0 Å². The van der Waals surface area contributed by atoms with Gasteiger partial charge in [-0.15, -0.1) is 11.6 Å². The van der Waals surface area contributed by atoms with Gasteiger partial charge in [0.25, 0.3) is 0 Å². The van der Waals surface area contributed by atoms with Crippen LogP contribution in [0.25, 0.3) is 0 Å². The number of hydrogen-bond acceptors (Lipinski definition) is 4. The largest absolute Gasteiger partial charge is 0.391 e. The lowest BCUT2D eigenvalue weighted by Crippen LogP contribution is -2.41. The molecule has 0 rings (SSSR count). The van der Waals surface area contributed by atoms with Crippen LogP contribution in [0.1, 0.15) is 6.92 Å². The highest BCUT2D eigenvalue weighted by molar-refractivity contribution is 6.28. The molecule has 0 aromatic rings. The van der Waals surface area contributed by atoms with Gasteiger partial charge in [0.15, 0.2) is 0 Å². The zero-order chi connectivity index (χ0) is 9.02. The van der Waals surface area contributed by atoms with Crippen LogP contribution >= 0.6 is 11.6 Å². The SMILES string of the molecule is C[C@@H](O)[C@H](O)[C@H](O)[C@@H](Cl)C=O. The van der Waals surface area contributed by atoms with Gasteiger partial charge in [-0.1, -0.05) is 0 Å². The third kappa shape index (κ3) is 3.16. The van der Waals surface area contributed by atoms with Gasteiger partial charge in [0, 0.05) is 0 Å². The van der Waals surface area contributed by atoms with E-state index in [4.69, 9.17) is 26.9 Å². The van der Waals surface area contributed by atoms with Crippen LogP contribution in [0, 0.1) is 0 Å². The van der Waals surface area contributed by atoms with Crippen molar-refractivity contribution in [3.05, 3.63) is 0 Å². The van der Waals surface area contributed by atoms with Crippen LogP contribution in [0.2, 0.25) is 0 Å². The Bertz CT molecular complexity index is 128. The minimum Gasteiger partial charge on any atom is -0.391 e. The molecule has 0 saturated heterocycles. The fourth-order valence-electron chi connectivity index (χ4n) is 0.554. The van der Waals surface area contributed by atoms with Gasteiger partial charge >= 0.3 is 0 Å². The van der Waals surface area contributed by atoms with Gasteiger partial charge in [-0.3, -0.25) is 0 Å². The third-order valence-electron chi connectivity index (χ3n) is 1.30. The molecule has 4 atom stereocenters. The van der Waals surface area contributed by atoms with E-state index in [9.17, 15) is 4.79 Å². The van der Waals surface area contributed by atoms with Crippen LogP contribution in [-0.4, -0.2) is 45.3 Å². The first-order chi connectivity index (χ1) is 5.00. The molecule has 0 bridgehead atoms. The van der Waals surface area contributed by atoms with Gasteiger partial charge in [-0.05, 0) is 6.92 Å². The predicted octanol–water partition coefficient (Wildman–Crippen LogP) is -1.10. The minimum absolute atomic E-state index is 0.303. The summed E-state index contributed by atoms with van der Waals surface area (Å²) in [7, 11) is 0. The molecule has 0 amide bonds. The van der Waals surface area contributed by atoms with Crippen molar-refractivity contribution in [1.82, 2.24) is 0 Å². The van der Waals surface area contributed by atoms with E-state index in [1.807, 2.05) is 0 Å². The maximum Gasteiger partial charge on any atom is 0.140 e. The summed E-state index contributed by atoms with van der Waals surface area (Å²) in [5.74, 6) is 0. The van der Waals surface area contributed by atoms with Crippen LogP contribution in [0.3, 0.4) is 0 Å². The maximum atomic E-state index is 9.99. The number of carbonyl (C=O) groups excluding carboxylic acids is 1. The predicted molar refractivity (Wildman–Crippen MR) is 39.4 cm³/mol. The lowest BCUT2D eigenvalue weighted by molar-refractivity contribution is -0.112. The average molecular weight is 183 g/mol. The van der Waals surface area contributed by atoms with Gasteiger partial charge in [-0.2, -0.15) is 0 Å². The normalized spacial score (nSPS) is 21.9. The molecule has 4 nitrogen and oxygen atoms in total. The first-order valence-corrected chi connectivity index (χ1v) is 3.58. The maximum absolute atomic E-state index is 9.99. The van der Waals surface area contributed by atoms with Gasteiger partial charge in [-0.25, -0.2) is 0 Å². The van der Waals surface area contributed by atoms with Crippen molar-refractivity contribution in [2.75, 3.05) is 0 Å². The molecule has 11 heavy (non-hydrogen) atoms. The Balaban J connectivity index is 4.00. The summed E-state index contributed by atoms with van der Waals surface area (Å²) >= 11 is 5.27. The Labute approximate surface area is 69.4 Å².